The third-order valence-corrected chi connectivity index (χ3v) is 2.70. The van der Waals surface area contributed by atoms with Gasteiger partial charge in [-0.05, 0) is 26.0 Å². The molecule has 1 aromatic rings. The highest BCUT2D eigenvalue weighted by molar-refractivity contribution is 6.08. The van der Waals surface area contributed by atoms with E-state index in [-0.39, 0.29) is 18.9 Å². The zero-order chi connectivity index (χ0) is 16.8. The second-order valence-electron chi connectivity index (χ2n) is 4.35. The predicted molar refractivity (Wildman–Crippen MR) is 77.4 cm³/mol. The topological polar surface area (TPSA) is 121 Å². The molecule has 120 valence electrons. The van der Waals surface area contributed by atoms with Crippen LogP contribution in [0.5, 0.6) is 0 Å². The Hall–Kier alpha value is -2.64. The van der Waals surface area contributed by atoms with Crippen molar-refractivity contribution in [2.45, 2.75) is 26.3 Å². The Kier molecular flexibility index (Phi) is 5.85. The minimum atomic E-state index is -2.16. The van der Waals surface area contributed by atoms with Crippen LogP contribution in [-0.4, -0.2) is 36.0 Å². The molecule has 0 atom stereocenters. The molecule has 0 fully saturated rings. The Morgan fingerprint density at radius 3 is 2.09 bits per heavy atom. The van der Waals surface area contributed by atoms with Crippen LogP contribution in [0.4, 0.5) is 5.69 Å². The van der Waals surface area contributed by atoms with Crippen molar-refractivity contribution in [3.8, 4) is 0 Å². The summed E-state index contributed by atoms with van der Waals surface area (Å²) in [6.45, 7) is 4.38. The van der Waals surface area contributed by atoms with Crippen LogP contribution in [0.2, 0.25) is 0 Å². The van der Waals surface area contributed by atoms with Crippen molar-refractivity contribution in [2.24, 2.45) is 0 Å². The highest BCUT2D eigenvalue weighted by atomic mass is 16.6. The number of hydrogen-bond donors (Lipinski definition) is 2. The summed E-state index contributed by atoms with van der Waals surface area (Å²) in [5, 5.41) is 2.31. The lowest BCUT2D eigenvalue weighted by Crippen LogP contribution is -2.58. The van der Waals surface area contributed by atoms with Gasteiger partial charge in [0.15, 0.2) is 0 Å². The molecule has 3 N–H and O–H groups in total. The quantitative estimate of drug-likeness (QED) is 0.565. The van der Waals surface area contributed by atoms with Crippen molar-refractivity contribution >= 4 is 23.5 Å². The summed E-state index contributed by atoms with van der Waals surface area (Å²) in [5.74, 6) is -2.55. The van der Waals surface area contributed by atoms with Gasteiger partial charge in [-0.25, -0.2) is 9.59 Å². The molecule has 1 heterocycles. The lowest BCUT2D eigenvalue weighted by Gasteiger charge is -2.29. The number of carbonyl (C=O) groups is 3. The summed E-state index contributed by atoms with van der Waals surface area (Å²) < 4.78 is 9.87. The third kappa shape index (κ3) is 3.51. The average molecular weight is 309 g/mol. The molecule has 0 bridgehead atoms. The number of carbonyl (C=O) groups excluding carboxylic acids is 3. The maximum Gasteiger partial charge on any atom is 0.350 e. The first-order chi connectivity index (χ1) is 10.4. The van der Waals surface area contributed by atoms with Gasteiger partial charge in [0.05, 0.1) is 30.8 Å². The van der Waals surface area contributed by atoms with E-state index in [0.717, 1.165) is 0 Å². The molecule has 0 aliphatic carbocycles. The molecular weight excluding hydrogens is 290 g/mol. The summed E-state index contributed by atoms with van der Waals surface area (Å²) in [5.41, 5.74) is 3.70. The van der Waals surface area contributed by atoms with Crippen LogP contribution >= 0.6 is 0 Å². The van der Waals surface area contributed by atoms with E-state index in [4.69, 9.17) is 15.2 Å². The molecule has 0 aliphatic rings. The number of nitrogens with two attached hydrogens (primary N) is 1. The molecule has 0 saturated heterocycles. The van der Waals surface area contributed by atoms with Crippen LogP contribution in [0.15, 0.2) is 18.3 Å². The molecule has 22 heavy (non-hydrogen) atoms. The molecule has 1 rings (SSSR count). The smallest absolute Gasteiger partial charge is 0.350 e. The number of rotatable bonds is 6. The summed E-state index contributed by atoms with van der Waals surface area (Å²) >= 11 is 0. The van der Waals surface area contributed by atoms with E-state index >= 15 is 0 Å². The molecule has 0 aromatic carbocycles. The normalized spacial score (nSPS) is 10.7. The van der Waals surface area contributed by atoms with Gasteiger partial charge in [-0.2, -0.15) is 0 Å². The average Bonchev–Trinajstić information content (AvgIpc) is 2.46. The van der Waals surface area contributed by atoms with E-state index in [0.29, 0.717) is 5.69 Å². The van der Waals surface area contributed by atoms with Crippen LogP contribution in [0.3, 0.4) is 0 Å². The van der Waals surface area contributed by atoms with Crippen LogP contribution in [0, 0.1) is 0 Å². The minimum absolute atomic E-state index is 0.0224. The van der Waals surface area contributed by atoms with E-state index in [1.807, 2.05) is 0 Å². The molecule has 0 unspecified atom stereocenters. The van der Waals surface area contributed by atoms with E-state index in [9.17, 15) is 14.4 Å². The Labute approximate surface area is 128 Å². The summed E-state index contributed by atoms with van der Waals surface area (Å²) in [6, 6.07) is 2.82. The number of nitrogens with one attached hydrogen (secondary N) is 1. The number of hydrogen-bond acceptors (Lipinski definition) is 7. The van der Waals surface area contributed by atoms with Gasteiger partial charge in [-0.3, -0.25) is 9.78 Å². The molecule has 0 radical (unpaired) electrons. The van der Waals surface area contributed by atoms with Crippen LogP contribution in [0.25, 0.3) is 0 Å². The minimum Gasteiger partial charge on any atom is -0.463 e. The zero-order valence-electron chi connectivity index (χ0n) is 12.7. The SMILES string of the molecule is CCOC(=O)C(NC(C)=O)(C(=O)OCC)c1ccc(N)cn1. The van der Waals surface area contributed by atoms with Crippen LogP contribution in [-0.2, 0) is 29.4 Å². The lowest BCUT2D eigenvalue weighted by molar-refractivity contribution is -0.169. The maximum atomic E-state index is 12.4. The van der Waals surface area contributed by atoms with Crippen molar-refractivity contribution in [1.29, 1.82) is 0 Å². The van der Waals surface area contributed by atoms with E-state index < -0.39 is 23.4 Å². The largest absolute Gasteiger partial charge is 0.463 e. The fourth-order valence-corrected chi connectivity index (χ4v) is 1.83. The number of ether oxygens (including phenoxy) is 2. The number of pyridine rings is 1. The predicted octanol–water partition coefficient (Wildman–Crippen LogP) is 0.121. The van der Waals surface area contributed by atoms with Gasteiger partial charge in [0, 0.05) is 6.92 Å². The van der Waals surface area contributed by atoms with Gasteiger partial charge >= 0.3 is 11.9 Å². The highest BCUT2D eigenvalue weighted by Crippen LogP contribution is 2.24. The highest BCUT2D eigenvalue weighted by Gasteiger charge is 2.53. The number of amides is 1. The molecule has 0 spiro atoms. The van der Waals surface area contributed by atoms with Gasteiger partial charge in [0.1, 0.15) is 0 Å². The second-order valence-corrected chi connectivity index (χ2v) is 4.35. The number of nitrogens with zero attached hydrogens (tertiary/aromatic N) is 1. The van der Waals surface area contributed by atoms with Crippen molar-refractivity contribution < 1.29 is 23.9 Å². The number of anilines is 1. The molecule has 0 saturated carbocycles. The Balaban J connectivity index is 3.48. The molecule has 1 amide bonds. The van der Waals surface area contributed by atoms with Gasteiger partial charge in [-0.15, -0.1) is 0 Å². The Morgan fingerprint density at radius 1 is 1.18 bits per heavy atom. The van der Waals surface area contributed by atoms with E-state index in [1.165, 1.54) is 25.3 Å². The monoisotopic (exact) mass is 309 g/mol. The number of esters is 2. The summed E-state index contributed by atoms with van der Waals surface area (Å²) in [4.78, 5) is 40.3. The third-order valence-electron chi connectivity index (χ3n) is 2.70. The molecular formula is C14H19N3O5. The van der Waals surface area contributed by atoms with E-state index in [2.05, 4.69) is 10.3 Å². The molecule has 8 nitrogen and oxygen atoms in total. The first-order valence-corrected chi connectivity index (χ1v) is 6.73. The van der Waals surface area contributed by atoms with Gasteiger partial charge in [0.25, 0.3) is 5.54 Å². The van der Waals surface area contributed by atoms with Crippen molar-refractivity contribution in [3.05, 3.63) is 24.0 Å². The Bertz CT molecular complexity index is 538. The number of nitrogen functional groups attached to an aromatic ring is 1. The van der Waals surface area contributed by atoms with E-state index in [1.54, 1.807) is 13.8 Å². The Morgan fingerprint density at radius 2 is 1.73 bits per heavy atom. The first kappa shape index (κ1) is 17.4. The zero-order valence-corrected chi connectivity index (χ0v) is 12.7. The summed E-state index contributed by atoms with van der Waals surface area (Å²) in [6.07, 6.45) is 1.27. The summed E-state index contributed by atoms with van der Waals surface area (Å²) in [7, 11) is 0. The standard InChI is InChI=1S/C14H19N3O5/c1-4-21-12(19)14(17-9(3)18,13(20)22-5-2)11-7-6-10(15)8-16-11/h6-8H,4-5,15H2,1-3H3,(H,17,18). The van der Waals surface area contributed by atoms with Gasteiger partial charge in [-0.1, -0.05) is 0 Å². The fraction of sp³-hybridized carbons (Fsp3) is 0.429. The lowest BCUT2D eigenvalue weighted by atomic mass is 9.94. The molecule has 1 aromatic heterocycles. The van der Waals surface area contributed by atoms with Crippen LogP contribution in [0.1, 0.15) is 26.5 Å². The van der Waals surface area contributed by atoms with Gasteiger partial charge in [0.2, 0.25) is 5.91 Å². The first-order valence-electron chi connectivity index (χ1n) is 6.73. The maximum absolute atomic E-state index is 12.4. The molecule has 8 heteroatoms. The number of aromatic nitrogens is 1. The fourth-order valence-electron chi connectivity index (χ4n) is 1.83. The van der Waals surface area contributed by atoms with Crippen molar-refractivity contribution in [3.63, 3.8) is 0 Å². The molecule has 0 aliphatic heterocycles. The van der Waals surface area contributed by atoms with Gasteiger partial charge < -0.3 is 20.5 Å². The van der Waals surface area contributed by atoms with Crippen molar-refractivity contribution in [1.82, 2.24) is 10.3 Å². The van der Waals surface area contributed by atoms with Crippen LogP contribution < -0.4 is 11.1 Å². The van der Waals surface area contributed by atoms with Crippen molar-refractivity contribution in [2.75, 3.05) is 18.9 Å². The second kappa shape index (κ2) is 7.39.